The monoisotopic (exact) mass is 357 g/mol. The quantitative estimate of drug-likeness (QED) is 0.777. The van der Waals surface area contributed by atoms with E-state index < -0.39 is 0 Å². The van der Waals surface area contributed by atoms with Crippen LogP contribution < -0.4 is 0 Å². The van der Waals surface area contributed by atoms with Crippen LogP contribution in [0.4, 0.5) is 0 Å². The Morgan fingerprint density at radius 3 is 2.80 bits per heavy atom. The number of thioether (sulfide) groups is 1. The fourth-order valence-corrected chi connectivity index (χ4v) is 6.09. The molecule has 134 valence electrons. The Morgan fingerprint density at radius 2 is 2.04 bits per heavy atom. The maximum Gasteiger partial charge on any atom is 0.233 e. The first-order chi connectivity index (χ1) is 11.8. The number of hydrogen-bond donors (Lipinski definition) is 0. The van der Waals surface area contributed by atoms with Crippen molar-refractivity contribution in [3.63, 3.8) is 0 Å². The molecular formula is C20H27N3OS. The molecule has 25 heavy (non-hydrogen) atoms. The number of benzene rings is 1. The zero-order valence-corrected chi connectivity index (χ0v) is 16.4. The van der Waals surface area contributed by atoms with E-state index in [1.54, 1.807) is 11.8 Å². The molecule has 4 nitrogen and oxygen atoms in total. The smallest absolute Gasteiger partial charge is 0.233 e. The number of carbonyl (C=O) groups is 1. The van der Waals surface area contributed by atoms with Gasteiger partial charge in [-0.15, -0.1) is 0 Å². The third kappa shape index (κ3) is 3.07. The molecule has 1 aliphatic heterocycles. The highest BCUT2D eigenvalue weighted by molar-refractivity contribution is 7.99. The number of carbonyl (C=O) groups excluding carboxylic acids is 1. The lowest BCUT2D eigenvalue weighted by Crippen LogP contribution is -2.38. The highest BCUT2D eigenvalue weighted by Gasteiger charge is 2.50. The van der Waals surface area contributed by atoms with Crippen molar-refractivity contribution in [2.24, 2.45) is 17.9 Å². The lowest BCUT2D eigenvalue weighted by Gasteiger charge is -2.39. The minimum absolute atomic E-state index is 0.267. The van der Waals surface area contributed by atoms with Crippen molar-refractivity contribution in [1.29, 1.82) is 0 Å². The third-order valence-corrected chi connectivity index (χ3v) is 6.82. The predicted molar refractivity (Wildman–Crippen MR) is 103 cm³/mol. The van der Waals surface area contributed by atoms with Crippen LogP contribution in [0.3, 0.4) is 0 Å². The van der Waals surface area contributed by atoms with Crippen LogP contribution in [0, 0.1) is 10.8 Å². The summed E-state index contributed by atoms with van der Waals surface area (Å²) in [4.78, 5) is 19.7. The van der Waals surface area contributed by atoms with Crippen LogP contribution in [0.5, 0.6) is 0 Å². The number of para-hydroxylation sites is 2. The fraction of sp³-hybridized carbons (Fsp3) is 0.600. The van der Waals surface area contributed by atoms with Crippen molar-refractivity contribution in [2.75, 3.05) is 12.3 Å². The van der Waals surface area contributed by atoms with Crippen molar-refractivity contribution in [3.05, 3.63) is 24.3 Å². The van der Waals surface area contributed by atoms with E-state index in [0.717, 1.165) is 29.2 Å². The minimum atomic E-state index is 0.267. The Bertz CT molecular complexity index is 827. The van der Waals surface area contributed by atoms with Crippen LogP contribution in [0.2, 0.25) is 0 Å². The molecule has 1 aromatic carbocycles. The molecule has 1 amide bonds. The summed E-state index contributed by atoms with van der Waals surface area (Å²) < 4.78 is 2.08. The van der Waals surface area contributed by atoms with Gasteiger partial charge in [-0.2, -0.15) is 0 Å². The van der Waals surface area contributed by atoms with E-state index in [2.05, 4.69) is 41.3 Å². The molecule has 2 unspecified atom stereocenters. The Labute approximate surface area is 154 Å². The maximum absolute atomic E-state index is 12.9. The zero-order chi connectivity index (χ0) is 17.8. The molecule has 2 aromatic rings. The first-order valence-corrected chi connectivity index (χ1v) is 10.1. The number of aromatic nitrogens is 2. The number of nitrogens with zero attached hydrogens (tertiary/aromatic N) is 3. The number of amides is 1. The number of aryl methyl sites for hydroxylation is 1. The maximum atomic E-state index is 12.9. The average Bonchev–Trinajstić information content (AvgIpc) is 2.98. The molecular weight excluding hydrogens is 330 g/mol. The van der Waals surface area contributed by atoms with Gasteiger partial charge >= 0.3 is 0 Å². The van der Waals surface area contributed by atoms with E-state index >= 15 is 0 Å². The molecule has 2 fully saturated rings. The van der Waals surface area contributed by atoms with Gasteiger partial charge in [0, 0.05) is 19.6 Å². The topological polar surface area (TPSA) is 38.1 Å². The summed E-state index contributed by atoms with van der Waals surface area (Å²) in [7, 11) is 2.02. The number of fused-ring (bicyclic) bond motifs is 3. The molecule has 2 heterocycles. The first kappa shape index (κ1) is 17.0. The summed E-state index contributed by atoms with van der Waals surface area (Å²) in [5, 5.41) is 0.920. The lowest BCUT2D eigenvalue weighted by molar-refractivity contribution is -0.129. The van der Waals surface area contributed by atoms with Crippen molar-refractivity contribution in [2.45, 2.75) is 51.2 Å². The third-order valence-electron chi connectivity index (χ3n) is 5.81. The second-order valence-electron chi connectivity index (χ2n) is 8.97. The van der Waals surface area contributed by atoms with E-state index in [4.69, 9.17) is 0 Å². The van der Waals surface area contributed by atoms with E-state index in [-0.39, 0.29) is 5.91 Å². The van der Waals surface area contributed by atoms with Gasteiger partial charge in [0.25, 0.3) is 0 Å². The summed E-state index contributed by atoms with van der Waals surface area (Å²) in [6.45, 7) is 7.97. The summed E-state index contributed by atoms with van der Waals surface area (Å²) >= 11 is 1.56. The first-order valence-electron chi connectivity index (χ1n) is 9.10. The van der Waals surface area contributed by atoms with Gasteiger partial charge in [0.1, 0.15) is 0 Å². The number of rotatable bonds is 3. The van der Waals surface area contributed by atoms with Gasteiger partial charge < -0.3 is 9.47 Å². The Hall–Kier alpha value is -1.49. The van der Waals surface area contributed by atoms with E-state index in [1.807, 2.05) is 25.2 Å². The molecule has 0 N–H and O–H groups in total. The van der Waals surface area contributed by atoms with Gasteiger partial charge in [-0.1, -0.05) is 44.7 Å². The normalized spacial score (nSPS) is 27.8. The summed E-state index contributed by atoms with van der Waals surface area (Å²) in [5.74, 6) is 0.743. The minimum Gasteiger partial charge on any atom is -0.338 e. The molecule has 1 saturated carbocycles. The molecule has 5 heteroatoms. The predicted octanol–water partition coefficient (Wildman–Crippen LogP) is 4.09. The van der Waals surface area contributed by atoms with Crippen LogP contribution in [0.25, 0.3) is 11.0 Å². The van der Waals surface area contributed by atoms with Crippen molar-refractivity contribution < 1.29 is 4.79 Å². The Balaban J connectivity index is 1.47. The van der Waals surface area contributed by atoms with E-state index in [9.17, 15) is 4.79 Å². The van der Waals surface area contributed by atoms with Gasteiger partial charge in [-0.05, 0) is 42.2 Å². The Morgan fingerprint density at radius 1 is 1.28 bits per heavy atom. The van der Waals surface area contributed by atoms with Crippen LogP contribution in [-0.4, -0.2) is 38.7 Å². The van der Waals surface area contributed by atoms with Crippen molar-refractivity contribution in [3.8, 4) is 0 Å². The van der Waals surface area contributed by atoms with E-state index in [1.165, 1.54) is 12.8 Å². The van der Waals surface area contributed by atoms with Crippen LogP contribution in [0.15, 0.2) is 29.4 Å². The van der Waals surface area contributed by atoms with Crippen molar-refractivity contribution >= 4 is 28.7 Å². The average molecular weight is 358 g/mol. The summed E-state index contributed by atoms with van der Waals surface area (Å²) in [6, 6.07) is 8.54. The van der Waals surface area contributed by atoms with Crippen LogP contribution in [0.1, 0.15) is 40.0 Å². The molecule has 1 saturated heterocycles. The van der Waals surface area contributed by atoms with Gasteiger partial charge in [0.2, 0.25) is 5.91 Å². The standard InChI is InChI=1S/C20H27N3OS/c1-19(2)9-14-10-20(3,12-19)13-23(14)17(24)11-25-18-21-15-7-5-6-8-16(15)22(18)4/h5-8,14H,9-13H2,1-4H3. The SMILES string of the molecule is Cn1c(SCC(=O)N2CC3(C)CC2CC(C)(C)C3)nc2ccccc21. The van der Waals surface area contributed by atoms with Crippen LogP contribution in [-0.2, 0) is 11.8 Å². The number of hydrogen-bond acceptors (Lipinski definition) is 3. The molecule has 0 radical (unpaired) electrons. The largest absolute Gasteiger partial charge is 0.338 e. The number of imidazole rings is 1. The highest BCUT2D eigenvalue weighted by Crippen LogP contribution is 2.52. The molecule has 2 aliphatic rings. The molecule has 1 aliphatic carbocycles. The molecule has 1 aromatic heterocycles. The lowest BCUT2D eigenvalue weighted by atomic mass is 9.65. The fourth-order valence-electron chi connectivity index (χ4n) is 5.21. The molecule has 2 atom stereocenters. The van der Waals surface area contributed by atoms with Gasteiger partial charge in [0.05, 0.1) is 16.8 Å². The second kappa shape index (κ2) is 5.76. The van der Waals surface area contributed by atoms with E-state index in [0.29, 0.717) is 22.6 Å². The molecule has 0 spiro atoms. The van der Waals surface area contributed by atoms with Crippen LogP contribution >= 0.6 is 11.8 Å². The zero-order valence-electron chi connectivity index (χ0n) is 15.6. The van der Waals surface area contributed by atoms with Gasteiger partial charge in [0.15, 0.2) is 5.16 Å². The highest BCUT2D eigenvalue weighted by atomic mass is 32.2. The van der Waals surface area contributed by atoms with Gasteiger partial charge in [-0.3, -0.25) is 4.79 Å². The second-order valence-corrected chi connectivity index (χ2v) is 9.91. The molecule has 4 rings (SSSR count). The summed E-state index contributed by atoms with van der Waals surface area (Å²) in [5.41, 5.74) is 2.75. The molecule has 2 bridgehead atoms. The van der Waals surface area contributed by atoms with Crippen molar-refractivity contribution in [1.82, 2.24) is 14.5 Å². The summed E-state index contributed by atoms with van der Waals surface area (Å²) in [6.07, 6.45) is 3.52. The Kier molecular flexibility index (Phi) is 3.91. The van der Waals surface area contributed by atoms with Gasteiger partial charge in [-0.25, -0.2) is 4.98 Å². The number of likely N-dealkylation sites (tertiary alicyclic amines) is 1.